The summed E-state index contributed by atoms with van der Waals surface area (Å²) in [5, 5.41) is 5.20. The summed E-state index contributed by atoms with van der Waals surface area (Å²) < 4.78 is 29.0. The van der Waals surface area contributed by atoms with Crippen LogP contribution in [-0.4, -0.2) is 36.7 Å². The number of aromatic nitrogens is 1. The predicted octanol–water partition coefficient (Wildman–Crippen LogP) is 3.28. The molecule has 0 bridgehead atoms. The Morgan fingerprint density at radius 1 is 1.23 bits per heavy atom. The fourth-order valence-corrected chi connectivity index (χ4v) is 5.09. The molecule has 1 amide bonds. The van der Waals surface area contributed by atoms with Gasteiger partial charge in [-0.1, -0.05) is 48.9 Å². The summed E-state index contributed by atoms with van der Waals surface area (Å²) in [5.74, 6) is -1.02. The molecule has 0 spiro atoms. The molecule has 0 fully saturated rings. The maximum absolute atomic E-state index is 13.3. The first-order valence-electron chi connectivity index (χ1n) is 9.55. The zero-order valence-electron chi connectivity index (χ0n) is 16.3. The highest BCUT2D eigenvalue weighted by Gasteiger charge is 2.36. The maximum Gasteiger partial charge on any atom is 0.279 e. The molecule has 1 aliphatic heterocycles. The van der Waals surface area contributed by atoms with Crippen molar-refractivity contribution in [2.45, 2.75) is 19.4 Å². The van der Waals surface area contributed by atoms with Gasteiger partial charge in [-0.25, -0.2) is 4.72 Å². The topological polar surface area (TPSA) is 91.4 Å². The van der Waals surface area contributed by atoms with E-state index < -0.39 is 16.1 Å². The van der Waals surface area contributed by atoms with E-state index in [1.807, 2.05) is 24.3 Å². The summed E-state index contributed by atoms with van der Waals surface area (Å²) in [6.07, 6.45) is 3.32. The monoisotopic (exact) mass is 444 g/mol. The Morgan fingerprint density at radius 3 is 2.83 bits per heavy atom. The third kappa shape index (κ3) is 4.04. The number of halogens is 1. The number of hydrogen-bond acceptors (Lipinski definition) is 4. The van der Waals surface area contributed by atoms with Crippen LogP contribution in [0.5, 0.6) is 0 Å². The van der Waals surface area contributed by atoms with E-state index in [2.05, 4.69) is 15.0 Å². The molecule has 1 atom stereocenters. The molecule has 2 N–H and O–H groups in total. The van der Waals surface area contributed by atoms with Crippen molar-refractivity contribution in [2.24, 2.45) is 0 Å². The quantitative estimate of drug-likeness (QED) is 0.631. The first kappa shape index (κ1) is 20.7. The standard InChI is InChI=1S/C21H21ClN4O3S/c1-2-24-30(28,29)26-12-15-7-8-16(22)9-18(15)19(13-26)21(27)25-20-11-23-10-14-5-3-4-6-17(14)20/h3-11,19,24H,2,12-13H2,1H3,(H,25,27). The number of anilines is 1. The number of benzene rings is 2. The molecule has 1 unspecified atom stereocenters. The maximum atomic E-state index is 13.3. The van der Waals surface area contributed by atoms with Crippen molar-refractivity contribution in [3.63, 3.8) is 0 Å². The van der Waals surface area contributed by atoms with Crippen molar-refractivity contribution in [1.29, 1.82) is 0 Å². The number of pyridine rings is 1. The van der Waals surface area contributed by atoms with Gasteiger partial charge in [0.15, 0.2) is 0 Å². The van der Waals surface area contributed by atoms with Gasteiger partial charge in [0.25, 0.3) is 10.2 Å². The van der Waals surface area contributed by atoms with Gasteiger partial charge in [0.1, 0.15) is 0 Å². The fourth-order valence-electron chi connectivity index (χ4n) is 3.71. The van der Waals surface area contributed by atoms with Gasteiger partial charge in [-0.2, -0.15) is 12.7 Å². The molecule has 156 valence electrons. The zero-order chi connectivity index (χ0) is 21.3. The van der Waals surface area contributed by atoms with E-state index in [1.165, 1.54) is 4.31 Å². The van der Waals surface area contributed by atoms with Gasteiger partial charge < -0.3 is 5.32 Å². The summed E-state index contributed by atoms with van der Waals surface area (Å²) in [7, 11) is -3.70. The van der Waals surface area contributed by atoms with Gasteiger partial charge >= 0.3 is 0 Å². The molecule has 1 aliphatic rings. The Morgan fingerprint density at radius 2 is 2.03 bits per heavy atom. The molecule has 0 radical (unpaired) electrons. The van der Waals surface area contributed by atoms with Crippen LogP contribution in [0.25, 0.3) is 10.8 Å². The normalized spacial score (nSPS) is 16.9. The van der Waals surface area contributed by atoms with Gasteiger partial charge in [-0.05, 0) is 23.3 Å². The van der Waals surface area contributed by atoms with Crippen molar-refractivity contribution in [2.75, 3.05) is 18.4 Å². The minimum Gasteiger partial charge on any atom is -0.324 e. The first-order valence-corrected chi connectivity index (χ1v) is 11.4. The van der Waals surface area contributed by atoms with E-state index in [4.69, 9.17) is 11.6 Å². The summed E-state index contributed by atoms with van der Waals surface area (Å²) >= 11 is 6.18. The molecule has 0 saturated heterocycles. The summed E-state index contributed by atoms with van der Waals surface area (Å²) in [6.45, 7) is 2.19. The second-order valence-electron chi connectivity index (χ2n) is 7.09. The van der Waals surface area contributed by atoms with E-state index in [-0.39, 0.29) is 25.5 Å². The van der Waals surface area contributed by atoms with Gasteiger partial charge in [0.05, 0.1) is 17.8 Å². The van der Waals surface area contributed by atoms with E-state index >= 15 is 0 Å². The lowest BCUT2D eigenvalue weighted by Crippen LogP contribution is -2.46. The molecule has 1 aromatic heterocycles. The number of rotatable bonds is 5. The fraction of sp³-hybridized carbons (Fsp3) is 0.238. The van der Waals surface area contributed by atoms with E-state index in [1.54, 1.807) is 37.5 Å². The van der Waals surface area contributed by atoms with Crippen LogP contribution >= 0.6 is 11.6 Å². The molecule has 0 aliphatic carbocycles. The molecular weight excluding hydrogens is 424 g/mol. The largest absolute Gasteiger partial charge is 0.324 e. The SMILES string of the molecule is CCNS(=O)(=O)N1Cc2ccc(Cl)cc2C(C(=O)Nc2cncc3ccccc23)C1. The summed E-state index contributed by atoms with van der Waals surface area (Å²) in [5.41, 5.74) is 2.06. The predicted molar refractivity (Wildman–Crippen MR) is 118 cm³/mol. The lowest BCUT2D eigenvalue weighted by atomic mass is 9.90. The van der Waals surface area contributed by atoms with Crippen molar-refractivity contribution in [1.82, 2.24) is 14.0 Å². The lowest BCUT2D eigenvalue weighted by molar-refractivity contribution is -0.118. The number of amides is 1. The smallest absolute Gasteiger partial charge is 0.279 e. The third-order valence-corrected chi connectivity index (χ3v) is 6.97. The number of hydrogen-bond donors (Lipinski definition) is 2. The molecule has 3 aromatic rings. The van der Waals surface area contributed by atoms with Crippen molar-refractivity contribution >= 4 is 44.2 Å². The highest BCUT2D eigenvalue weighted by Crippen LogP contribution is 2.33. The van der Waals surface area contributed by atoms with Crippen LogP contribution in [0.15, 0.2) is 54.9 Å². The number of carbonyl (C=O) groups is 1. The second-order valence-corrected chi connectivity index (χ2v) is 9.28. The van der Waals surface area contributed by atoms with Crippen molar-refractivity contribution in [3.05, 3.63) is 71.0 Å². The van der Waals surface area contributed by atoms with Crippen LogP contribution in [-0.2, 0) is 21.5 Å². The highest BCUT2D eigenvalue weighted by atomic mass is 35.5. The Balaban J connectivity index is 1.70. The molecule has 30 heavy (non-hydrogen) atoms. The molecule has 2 heterocycles. The minimum absolute atomic E-state index is 0.0205. The van der Waals surface area contributed by atoms with Gasteiger partial charge in [-0.15, -0.1) is 0 Å². The lowest BCUT2D eigenvalue weighted by Gasteiger charge is -2.33. The average Bonchev–Trinajstić information content (AvgIpc) is 2.73. The van der Waals surface area contributed by atoms with Gasteiger partial charge in [-0.3, -0.25) is 9.78 Å². The van der Waals surface area contributed by atoms with E-state index in [9.17, 15) is 13.2 Å². The minimum atomic E-state index is -3.70. The van der Waals surface area contributed by atoms with E-state index in [0.29, 0.717) is 10.7 Å². The van der Waals surface area contributed by atoms with E-state index in [0.717, 1.165) is 21.9 Å². The number of nitrogens with one attached hydrogen (secondary N) is 2. The average molecular weight is 445 g/mol. The third-order valence-electron chi connectivity index (χ3n) is 5.13. The molecular formula is C21H21ClN4O3S. The van der Waals surface area contributed by atoms with Crippen LogP contribution in [0.1, 0.15) is 24.0 Å². The van der Waals surface area contributed by atoms with Crippen LogP contribution < -0.4 is 10.0 Å². The number of nitrogens with zero attached hydrogens (tertiary/aromatic N) is 2. The first-order chi connectivity index (χ1) is 14.4. The van der Waals surface area contributed by atoms with Crippen LogP contribution in [0, 0.1) is 0 Å². The molecule has 0 saturated carbocycles. The Kier molecular flexibility index (Phi) is 5.75. The van der Waals surface area contributed by atoms with Gasteiger partial charge in [0, 0.05) is 41.6 Å². The van der Waals surface area contributed by atoms with Crippen LogP contribution in [0.2, 0.25) is 5.02 Å². The number of carbonyl (C=O) groups excluding carboxylic acids is 1. The van der Waals surface area contributed by atoms with Crippen LogP contribution in [0.3, 0.4) is 0 Å². The highest BCUT2D eigenvalue weighted by molar-refractivity contribution is 7.87. The zero-order valence-corrected chi connectivity index (χ0v) is 17.9. The summed E-state index contributed by atoms with van der Waals surface area (Å²) in [4.78, 5) is 17.5. The molecule has 9 heteroatoms. The molecule has 4 rings (SSSR count). The Labute approximate surface area is 180 Å². The Bertz CT molecular complexity index is 1210. The molecule has 7 nitrogen and oxygen atoms in total. The van der Waals surface area contributed by atoms with Crippen molar-refractivity contribution in [3.8, 4) is 0 Å². The number of fused-ring (bicyclic) bond motifs is 2. The summed E-state index contributed by atoms with van der Waals surface area (Å²) in [6, 6.07) is 12.8. The van der Waals surface area contributed by atoms with Crippen molar-refractivity contribution < 1.29 is 13.2 Å². The second kappa shape index (κ2) is 8.31. The Hall–Kier alpha value is -2.52. The molecule has 2 aromatic carbocycles. The van der Waals surface area contributed by atoms with Gasteiger partial charge in [0.2, 0.25) is 5.91 Å². The van der Waals surface area contributed by atoms with Crippen LogP contribution in [0.4, 0.5) is 5.69 Å².